The normalized spacial score (nSPS) is 11.8. The third-order valence-corrected chi connectivity index (χ3v) is 4.78. The molecule has 26 heavy (non-hydrogen) atoms. The van der Waals surface area contributed by atoms with Crippen LogP contribution >= 0.6 is 11.3 Å². The van der Waals surface area contributed by atoms with Crippen molar-refractivity contribution >= 4 is 39.0 Å². The van der Waals surface area contributed by atoms with Crippen LogP contribution in [-0.4, -0.2) is 25.1 Å². The summed E-state index contributed by atoms with van der Waals surface area (Å²) < 4.78 is 24.3. The molecule has 1 N–H and O–H groups in total. The number of hydrogen-bond donors (Lipinski definition) is 1. The predicted molar refractivity (Wildman–Crippen MR) is 98.3 cm³/mol. The van der Waals surface area contributed by atoms with E-state index in [9.17, 15) is 14.0 Å². The topological polar surface area (TPSA) is 64.6 Å². The molecule has 3 rings (SSSR count). The van der Waals surface area contributed by atoms with Crippen molar-refractivity contribution in [3.8, 4) is 5.75 Å². The van der Waals surface area contributed by atoms with Gasteiger partial charge < -0.3 is 14.8 Å². The van der Waals surface area contributed by atoms with Crippen LogP contribution < -0.4 is 10.1 Å². The molecule has 134 valence electrons. The summed E-state index contributed by atoms with van der Waals surface area (Å²) in [4.78, 5) is 24.9. The highest BCUT2D eigenvalue weighted by Gasteiger charge is 2.21. The molecular weight excluding hydrogens is 357 g/mol. The fraction of sp³-hybridized carbons (Fsp3) is 0.158. The van der Waals surface area contributed by atoms with E-state index in [-0.39, 0.29) is 5.82 Å². The standard InChI is InChI=1S/C19H16FNO4S/c1-11(18(22)21-14-5-3-4-6-15(14)24-2)25-19(23)17-9-12-7-8-13(20)10-16(12)26-17/h3-11H,1-2H3,(H,21,22)/t11-/m0/s1. The van der Waals surface area contributed by atoms with Gasteiger partial charge in [-0.15, -0.1) is 11.3 Å². The molecule has 3 aromatic rings. The van der Waals surface area contributed by atoms with Crippen molar-refractivity contribution in [2.45, 2.75) is 13.0 Å². The minimum absolute atomic E-state index is 0.308. The molecule has 0 aliphatic carbocycles. The number of esters is 1. The van der Waals surface area contributed by atoms with Gasteiger partial charge >= 0.3 is 5.97 Å². The number of rotatable bonds is 5. The fourth-order valence-electron chi connectivity index (χ4n) is 2.36. The van der Waals surface area contributed by atoms with Crippen LogP contribution in [0.1, 0.15) is 16.6 Å². The molecule has 0 bridgehead atoms. The van der Waals surface area contributed by atoms with Crippen LogP contribution in [-0.2, 0) is 9.53 Å². The van der Waals surface area contributed by atoms with Crippen LogP contribution in [0.5, 0.6) is 5.75 Å². The molecule has 1 atom stereocenters. The van der Waals surface area contributed by atoms with E-state index in [0.717, 1.165) is 16.7 Å². The maximum Gasteiger partial charge on any atom is 0.349 e. The van der Waals surface area contributed by atoms with Crippen molar-refractivity contribution in [1.29, 1.82) is 0 Å². The van der Waals surface area contributed by atoms with E-state index in [1.165, 1.54) is 26.2 Å². The number of thiophene rings is 1. The lowest BCUT2D eigenvalue weighted by Crippen LogP contribution is -2.29. The van der Waals surface area contributed by atoms with E-state index in [1.54, 1.807) is 36.4 Å². The zero-order chi connectivity index (χ0) is 18.7. The first-order valence-corrected chi connectivity index (χ1v) is 8.63. The SMILES string of the molecule is COc1ccccc1NC(=O)[C@H](C)OC(=O)c1cc2ccc(F)cc2s1. The highest BCUT2D eigenvalue weighted by molar-refractivity contribution is 7.20. The van der Waals surface area contributed by atoms with Crippen molar-refractivity contribution in [3.05, 3.63) is 59.2 Å². The van der Waals surface area contributed by atoms with Gasteiger partial charge in [-0.2, -0.15) is 0 Å². The Bertz CT molecular complexity index is 969. The zero-order valence-corrected chi connectivity index (χ0v) is 14.9. The van der Waals surface area contributed by atoms with E-state index in [4.69, 9.17) is 9.47 Å². The molecule has 0 saturated heterocycles. The van der Waals surface area contributed by atoms with Gasteiger partial charge in [0.15, 0.2) is 6.10 Å². The number of nitrogens with one attached hydrogen (secondary N) is 1. The van der Waals surface area contributed by atoms with E-state index >= 15 is 0 Å². The number of carbonyl (C=O) groups is 2. The van der Waals surface area contributed by atoms with Crippen LogP contribution in [0.25, 0.3) is 10.1 Å². The van der Waals surface area contributed by atoms with Gasteiger partial charge in [0.05, 0.1) is 12.8 Å². The number of ether oxygens (including phenoxy) is 2. The molecular formula is C19H16FNO4S. The monoisotopic (exact) mass is 373 g/mol. The molecule has 7 heteroatoms. The largest absolute Gasteiger partial charge is 0.495 e. The molecule has 0 unspecified atom stereocenters. The summed E-state index contributed by atoms with van der Waals surface area (Å²) in [6, 6.07) is 12.8. The van der Waals surface area contributed by atoms with Crippen molar-refractivity contribution in [1.82, 2.24) is 0 Å². The van der Waals surface area contributed by atoms with Crippen LogP contribution in [0.15, 0.2) is 48.5 Å². The Kier molecular flexibility index (Phi) is 5.18. The predicted octanol–water partition coefficient (Wildman–Crippen LogP) is 4.23. The lowest BCUT2D eigenvalue weighted by Gasteiger charge is -2.14. The first-order valence-electron chi connectivity index (χ1n) is 7.82. The highest BCUT2D eigenvalue weighted by Crippen LogP contribution is 2.27. The number of methoxy groups -OCH3 is 1. The van der Waals surface area contributed by atoms with Crippen LogP contribution in [0.3, 0.4) is 0 Å². The average molecular weight is 373 g/mol. The number of anilines is 1. The molecule has 1 heterocycles. The summed E-state index contributed by atoms with van der Waals surface area (Å²) in [6.45, 7) is 1.48. The second kappa shape index (κ2) is 7.53. The van der Waals surface area contributed by atoms with Gasteiger partial charge in [-0.25, -0.2) is 9.18 Å². The van der Waals surface area contributed by atoms with Crippen LogP contribution in [0.4, 0.5) is 10.1 Å². The average Bonchev–Trinajstić information content (AvgIpc) is 3.05. The molecule has 0 saturated carbocycles. The minimum Gasteiger partial charge on any atom is -0.495 e. The number of amides is 1. The Morgan fingerprint density at radius 2 is 1.92 bits per heavy atom. The van der Waals surface area contributed by atoms with Gasteiger partial charge in [-0.1, -0.05) is 18.2 Å². The number of fused-ring (bicyclic) bond motifs is 1. The first kappa shape index (κ1) is 17.9. The molecule has 0 fully saturated rings. The lowest BCUT2D eigenvalue weighted by atomic mass is 10.2. The van der Waals surface area contributed by atoms with Gasteiger partial charge in [-0.3, -0.25) is 4.79 Å². The Labute approximate surface area is 153 Å². The third-order valence-electron chi connectivity index (χ3n) is 3.70. The Morgan fingerprint density at radius 3 is 2.69 bits per heavy atom. The van der Waals surface area contributed by atoms with Crippen molar-refractivity contribution in [3.63, 3.8) is 0 Å². The number of carbonyl (C=O) groups excluding carboxylic acids is 2. The van der Waals surface area contributed by atoms with Gasteiger partial charge in [0.25, 0.3) is 5.91 Å². The summed E-state index contributed by atoms with van der Waals surface area (Å²) in [7, 11) is 1.50. The third kappa shape index (κ3) is 3.83. The molecule has 1 aromatic heterocycles. The molecule has 0 spiro atoms. The second-order valence-corrected chi connectivity index (χ2v) is 6.61. The van der Waals surface area contributed by atoms with E-state index in [2.05, 4.69) is 5.32 Å². The summed E-state index contributed by atoms with van der Waals surface area (Å²) in [6.07, 6.45) is -1.01. The molecule has 0 radical (unpaired) electrons. The molecule has 1 amide bonds. The maximum atomic E-state index is 13.3. The van der Waals surface area contributed by atoms with Gasteiger partial charge in [0.2, 0.25) is 0 Å². The first-order chi connectivity index (χ1) is 12.5. The Morgan fingerprint density at radius 1 is 1.15 bits per heavy atom. The van der Waals surface area contributed by atoms with Crippen molar-refractivity contribution in [2.75, 3.05) is 12.4 Å². The Hall–Kier alpha value is -2.93. The van der Waals surface area contributed by atoms with Gasteiger partial charge in [0, 0.05) is 4.70 Å². The fourth-order valence-corrected chi connectivity index (χ4v) is 3.33. The maximum absolute atomic E-state index is 13.3. The lowest BCUT2D eigenvalue weighted by molar-refractivity contribution is -0.123. The van der Waals surface area contributed by atoms with Crippen LogP contribution in [0.2, 0.25) is 0 Å². The van der Waals surface area contributed by atoms with Gasteiger partial charge in [0.1, 0.15) is 16.4 Å². The quantitative estimate of drug-likeness (QED) is 0.680. The zero-order valence-electron chi connectivity index (χ0n) is 14.1. The highest BCUT2D eigenvalue weighted by atomic mass is 32.1. The summed E-state index contributed by atoms with van der Waals surface area (Å²) in [5, 5.41) is 3.41. The van der Waals surface area contributed by atoms with Crippen LogP contribution in [0, 0.1) is 5.82 Å². The Balaban J connectivity index is 1.68. The van der Waals surface area contributed by atoms with E-state index in [1.807, 2.05) is 0 Å². The molecule has 5 nitrogen and oxygen atoms in total. The number of para-hydroxylation sites is 2. The van der Waals surface area contributed by atoms with Gasteiger partial charge in [-0.05, 0) is 42.6 Å². The van der Waals surface area contributed by atoms with E-state index < -0.39 is 18.0 Å². The van der Waals surface area contributed by atoms with Crippen molar-refractivity contribution < 1.29 is 23.5 Å². The summed E-state index contributed by atoms with van der Waals surface area (Å²) >= 11 is 1.12. The van der Waals surface area contributed by atoms with Crippen molar-refractivity contribution in [2.24, 2.45) is 0 Å². The van der Waals surface area contributed by atoms with E-state index in [0.29, 0.717) is 21.0 Å². The molecule has 2 aromatic carbocycles. The smallest absolute Gasteiger partial charge is 0.349 e. The number of hydrogen-bond acceptors (Lipinski definition) is 5. The molecule has 0 aliphatic rings. The summed E-state index contributed by atoms with van der Waals surface area (Å²) in [5.41, 5.74) is 0.486. The molecule has 0 aliphatic heterocycles. The summed E-state index contributed by atoms with van der Waals surface area (Å²) in [5.74, 6) is -0.973. The number of halogens is 1. The minimum atomic E-state index is -1.01. The second-order valence-electron chi connectivity index (χ2n) is 5.53. The number of benzene rings is 2.